The van der Waals surface area contributed by atoms with Crippen LogP contribution in [0.5, 0.6) is 0 Å². The summed E-state index contributed by atoms with van der Waals surface area (Å²) in [6, 6.07) is 1.64. The van der Waals surface area contributed by atoms with Crippen LogP contribution in [0, 0.1) is 0 Å². The monoisotopic (exact) mass is 297 g/mol. The third kappa shape index (κ3) is 2.31. The van der Waals surface area contributed by atoms with E-state index in [1.54, 1.807) is 30.9 Å². The van der Waals surface area contributed by atoms with Gasteiger partial charge in [0.1, 0.15) is 11.6 Å². The zero-order valence-corrected chi connectivity index (χ0v) is 13.1. The van der Waals surface area contributed by atoms with Crippen molar-refractivity contribution in [2.24, 2.45) is 14.1 Å². The number of aryl methyl sites for hydroxylation is 2. The molecule has 2 aromatic heterocycles. The SMILES string of the molecule is CC(C)c1nc(S(=O)(=O)N(C)c2ccnn2C)cn1C. The lowest BCUT2D eigenvalue weighted by molar-refractivity contribution is 0.588. The van der Waals surface area contributed by atoms with E-state index in [1.807, 2.05) is 13.8 Å². The summed E-state index contributed by atoms with van der Waals surface area (Å²) >= 11 is 0. The van der Waals surface area contributed by atoms with Crippen molar-refractivity contribution >= 4 is 15.8 Å². The summed E-state index contributed by atoms with van der Waals surface area (Å²) in [6.07, 6.45) is 3.09. The Bertz CT molecular complexity index is 714. The lowest BCUT2D eigenvalue weighted by Crippen LogP contribution is -2.28. The molecule has 0 N–H and O–H groups in total. The first kappa shape index (κ1) is 14.6. The van der Waals surface area contributed by atoms with E-state index in [9.17, 15) is 8.42 Å². The molecule has 0 saturated heterocycles. The average molecular weight is 297 g/mol. The molecule has 8 heteroatoms. The van der Waals surface area contributed by atoms with Crippen LogP contribution in [-0.4, -0.2) is 34.8 Å². The van der Waals surface area contributed by atoms with Crippen LogP contribution in [0.15, 0.2) is 23.5 Å². The fourth-order valence-corrected chi connectivity index (χ4v) is 3.26. The van der Waals surface area contributed by atoms with E-state index >= 15 is 0 Å². The first-order valence-electron chi connectivity index (χ1n) is 6.25. The van der Waals surface area contributed by atoms with Gasteiger partial charge < -0.3 is 4.57 Å². The highest BCUT2D eigenvalue weighted by Crippen LogP contribution is 2.22. The fourth-order valence-electron chi connectivity index (χ4n) is 2.05. The van der Waals surface area contributed by atoms with Crippen molar-refractivity contribution in [1.29, 1.82) is 0 Å². The van der Waals surface area contributed by atoms with E-state index < -0.39 is 10.0 Å². The Labute approximate surface area is 118 Å². The van der Waals surface area contributed by atoms with Crippen LogP contribution < -0.4 is 4.31 Å². The van der Waals surface area contributed by atoms with Crippen LogP contribution in [0.1, 0.15) is 25.6 Å². The molecule has 0 unspecified atom stereocenters. The lowest BCUT2D eigenvalue weighted by atomic mass is 10.2. The molecule has 0 spiro atoms. The minimum atomic E-state index is -3.68. The quantitative estimate of drug-likeness (QED) is 0.847. The van der Waals surface area contributed by atoms with E-state index in [2.05, 4.69) is 10.1 Å². The number of rotatable bonds is 4. The summed E-state index contributed by atoms with van der Waals surface area (Å²) < 4.78 is 29.6. The van der Waals surface area contributed by atoms with E-state index in [0.29, 0.717) is 5.82 Å². The maximum atomic E-state index is 12.6. The van der Waals surface area contributed by atoms with Gasteiger partial charge in [0.25, 0.3) is 10.0 Å². The molecule has 110 valence electrons. The van der Waals surface area contributed by atoms with E-state index in [4.69, 9.17) is 0 Å². The van der Waals surface area contributed by atoms with Crippen molar-refractivity contribution in [2.75, 3.05) is 11.4 Å². The van der Waals surface area contributed by atoms with Gasteiger partial charge in [-0.15, -0.1) is 0 Å². The molecule has 0 aliphatic carbocycles. The normalized spacial score (nSPS) is 12.1. The standard InChI is InChI=1S/C12H19N5O2S/c1-9(2)12-14-10(8-15(12)3)20(18,19)17(5)11-6-7-13-16(11)4/h6-9H,1-5H3. The lowest BCUT2D eigenvalue weighted by Gasteiger charge is -2.17. The van der Waals surface area contributed by atoms with E-state index in [1.165, 1.54) is 22.2 Å². The van der Waals surface area contributed by atoms with Gasteiger partial charge >= 0.3 is 0 Å². The Morgan fingerprint density at radius 2 is 1.95 bits per heavy atom. The summed E-state index contributed by atoms with van der Waals surface area (Å²) in [5.74, 6) is 1.38. The molecule has 20 heavy (non-hydrogen) atoms. The van der Waals surface area contributed by atoms with Crippen molar-refractivity contribution < 1.29 is 8.42 Å². The zero-order chi connectivity index (χ0) is 15.1. The van der Waals surface area contributed by atoms with Gasteiger partial charge in [0.2, 0.25) is 0 Å². The van der Waals surface area contributed by atoms with Crippen molar-refractivity contribution in [1.82, 2.24) is 19.3 Å². The molecule has 0 atom stereocenters. The van der Waals surface area contributed by atoms with Gasteiger partial charge in [0.15, 0.2) is 5.03 Å². The predicted octanol–water partition coefficient (Wildman–Crippen LogP) is 1.10. The van der Waals surface area contributed by atoms with Crippen molar-refractivity contribution in [3.63, 3.8) is 0 Å². The van der Waals surface area contributed by atoms with Crippen LogP contribution in [0.4, 0.5) is 5.82 Å². The molecule has 0 aliphatic heterocycles. The first-order valence-corrected chi connectivity index (χ1v) is 7.69. The number of aromatic nitrogens is 4. The Morgan fingerprint density at radius 3 is 2.40 bits per heavy atom. The second kappa shape index (κ2) is 4.93. The molecular weight excluding hydrogens is 278 g/mol. The highest BCUT2D eigenvalue weighted by molar-refractivity contribution is 7.92. The summed E-state index contributed by atoms with van der Waals surface area (Å²) in [5.41, 5.74) is 0. The largest absolute Gasteiger partial charge is 0.336 e. The van der Waals surface area contributed by atoms with Crippen molar-refractivity contribution in [3.8, 4) is 0 Å². The number of sulfonamides is 1. The topological polar surface area (TPSA) is 73.0 Å². The van der Waals surface area contributed by atoms with Gasteiger partial charge in [-0.05, 0) is 0 Å². The van der Waals surface area contributed by atoms with E-state index in [0.717, 1.165) is 5.82 Å². The van der Waals surface area contributed by atoms with Crippen molar-refractivity contribution in [3.05, 3.63) is 24.3 Å². The molecule has 0 saturated carbocycles. The Balaban J connectivity index is 2.45. The molecule has 0 amide bonds. The molecule has 2 rings (SSSR count). The van der Waals surface area contributed by atoms with Crippen LogP contribution in [0.2, 0.25) is 0 Å². The van der Waals surface area contributed by atoms with Gasteiger partial charge in [0.05, 0.1) is 6.20 Å². The second-order valence-electron chi connectivity index (χ2n) is 4.99. The highest BCUT2D eigenvalue weighted by atomic mass is 32.2. The minimum absolute atomic E-state index is 0.0485. The number of hydrogen-bond donors (Lipinski definition) is 0. The Kier molecular flexibility index (Phi) is 3.59. The minimum Gasteiger partial charge on any atom is -0.336 e. The molecule has 2 heterocycles. The molecule has 0 aliphatic rings. The number of nitrogens with zero attached hydrogens (tertiary/aromatic N) is 5. The smallest absolute Gasteiger partial charge is 0.284 e. The molecule has 0 aromatic carbocycles. The summed E-state index contributed by atoms with van der Waals surface area (Å²) in [6.45, 7) is 3.95. The molecule has 2 aromatic rings. The van der Waals surface area contributed by atoms with Gasteiger partial charge in [-0.2, -0.15) is 13.5 Å². The fraction of sp³-hybridized carbons (Fsp3) is 0.500. The van der Waals surface area contributed by atoms with Gasteiger partial charge in [-0.1, -0.05) is 13.8 Å². The van der Waals surface area contributed by atoms with Crippen LogP contribution >= 0.6 is 0 Å². The zero-order valence-electron chi connectivity index (χ0n) is 12.3. The summed E-state index contributed by atoms with van der Waals surface area (Å²) in [7, 11) is 1.31. The number of hydrogen-bond acceptors (Lipinski definition) is 4. The van der Waals surface area contributed by atoms with Crippen LogP contribution in [0.25, 0.3) is 0 Å². The van der Waals surface area contributed by atoms with Gasteiger partial charge in [-0.3, -0.25) is 8.99 Å². The van der Waals surface area contributed by atoms with Gasteiger partial charge in [0, 0.05) is 39.3 Å². The maximum Gasteiger partial charge on any atom is 0.284 e. The van der Waals surface area contributed by atoms with Crippen LogP contribution in [-0.2, 0) is 24.1 Å². The summed E-state index contributed by atoms with van der Waals surface area (Å²) in [5, 5.41) is 4.03. The molecule has 0 bridgehead atoms. The summed E-state index contributed by atoms with van der Waals surface area (Å²) in [4.78, 5) is 4.25. The number of imidazole rings is 1. The van der Waals surface area contributed by atoms with Crippen molar-refractivity contribution in [2.45, 2.75) is 24.8 Å². The average Bonchev–Trinajstić information content (AvgIpc) is 2.94. The Morgan fingerprint density at radius 1 is 1.30 bits per heavy atom. The number of anilines is 1. The Hall–Kier alpha value is -1.83. The van der Waals surface area contributed by atoms with Gasteiger partial charge in [-0.25, -0.2) is 4.98 Å². The highest BCUT2D eigenvalue weighted by Gasteiger charge is 2.27. The molecular formula is C12H19N5O2S. The first-order chi connectivity index (χ1) is 9.25. The molecule has 0 fully saturated rings. The maximum absolute atomic E-state index is 12.6. The van der Waals surface area contributed by atoms with E-state index in [-0.39, 0.29) is 10.9 Å². The molecule has 7 nitrogen and oxygen atoms in total. The third-order valence-corrected chi connectivity index (χ3v) is 4.78. The predicted molar refractivity (Wildman–Crippen MR) is 76.1 cm³/mol. The third-order valence-electron chi connectivity index (χ3n) is 3.15. The van der Waals surface area contributed by atoms with Crippen LogP contribution in [0.3, 0.4) is 0 Å². The molecule has 0 radical (unpaired) electrons. The second-order valence-corrected chi connectivity index (χ2v) is 6.90.